The first-order valence-corrected chi connectivity index (χ1v) is 13.3. The van der Waals surface area contributed by atoms with Crippen molar-refractivity contribution in [3.63, 3.8) is 0 Å². The SMILES string of the molecule is Cc1ccc(C(C(=O)Nc2ccc3ccccc3c2)N(C(=O)C(C)NC(=O)OC(C)(C)C)C(C)(C)C)c(C)c1. The Labute approximate surface area is 231 Å². The fourth-order valence-corrected chi connectivity index (χ4v) is 4.61. The van der Waals surface area contributed by atoms with E-state index in [1.54, 1.807) is 32.6 Å². The van der Waals surface area contributed by atoms with Crippen molar-refractivity contribution in [2.24, 2.45) is 0 Å². The van der Waals surface area contributed by atoms with Crippen molar-refractivity contribution >= 4 is 34.4 Å². The van der Waals surface area contributed by atoms with Gasteiger partial charge in [0, 0.05) is 11.2 Å². The molecule has 0 bridgehead atoms. The second-order valence-electron chi connectivity index (χ2n) is 12.1. The van der Waals surface area contributed by atoms with E-state index in [1.807, 2.05) is 95.3 Å². The molecule has 7 heteroatoms. The molecule has 39 heavy (non-hydrogen) atoms. The molecule has 2 atom stereocenters. The molecule has 0 aliphatic carbocycles. The number of aryl methyl sites for hydroxylation is 2. The molecule has 0 radical (unpaired) electrons. The monoisotopic (exact) mass is 531 g/mol. The summed E-state index contributed by atoms with van der Waals surface area (Å²) in [5, 5.41) is 7.75. The number of rotatable bonds is 6. The van der Waals surface area contributed by atoms with E-state index in [2.05, 4.69) is 10.6 Å². The number of carbonyl (C=O) groups excluding carboxylic acids is 3. The van der Waals surface area contributed by atoms with Crippen LogP contribution < -0.4 is 10.6 Å². The van der Waals surface area contributed by atoms with Crippen LogP contribution in [-0.4, -0.2) is 40.0 Å². The highest BCUT2D eigenvalue weighted by atomic mass is 16.6. The van der Waals surface area contributed by atoms with Gasteiger partial charge in [0.2, 0.25) is 5.91 Å². The van der Waals surface area contributed by atoms with Crippen LogP contribution in [0.25, 0.3) is 10.8 Å². The van der Waals surface area contributed by atoms with Crippen LogP contribution in [0.3, 0.4) is 0 Å². The number of fused-ring (bicyclic) bond motifs is 1. The van der Waals surface area contributed by atoms with Gasteiger partial charge in [0.25, 0.3) is 5.91 Å². The summed E-state index contributed by atoms with van der Waals surface area (Å²) in [6.07, 6.45) is -0.694. The van der Waals surface area contributed by atoms with Crippen molar-refractivity contribution in [3.8, 4) is 0 Å². The van der Waals surface area contributed by atoms with Gasteiger partial charge in [0.15, 0.2) is 0 Å². The maximum absolute atomic E-state index is 14.1. The predicted octanol–water partition coefficient (Wildman–Crippen LogP) is 6.68. The van der Waals surface area contributed by atoms with Crippen LogP contribution in [0.1, 0.15) is 71.2 Å². The van der Waals surface area contributed by atoms with Crippen LogP contribution in [0.2, 0.25) is 0 Å². The summed E-state index contributed by atoms with van der Waals surface area (Å²) in [6, 6.07) is 17.6. The van der Waals surface area contributed by atoms with Gasteiger partial charge in [-0.3, -0.25) is 9.59 Å². The lowest BCUT2D eigenvalue weighted by Gasteiger charge is -2.43. The zero-order valence-electron chi connectivity index (χ0n) is 24.5. The number of hydrogen-bond acceptors (Lipinski definition) is 4. The Kier molecular flexibility index (Phi) is 8.74. The molecule has 3 aromatic carbocycles. The van der Waals surface area contributed by atoms with Crippen molar-refractivity contribution in [2.45, 2.75) is 85.5 Å². The molecule has 2 unspecified atom stereocenters. The maximum Gasteiger partial charge on any atom is 0.408 e. The van der Waals surface area contributed by atoms with Crippen molar-refractivity contribution in [3.05, 3.63) is 77.4 Å². The van der Waals surface area contributed by atoms with Crippen molar-refractivity contribution < 1.29 is 19.1 Å². The minimum atomic E-state index is -0.951. The molecule has 2 N–H and O–H groups in total. The van der Waals surface area contributed by atoms with E-state index in [-0.39, 0.29) is 5.91 Å². The molecule has 0 aromatic heterocycles. The van der Waals surface area contributed by atoms with Crippen LogP contribution in [-0.2, 0) is 14.3 Å². The second-order valence-corrected chi connectivity index (χ2v) is 12.1. The molecule has 0 aliphatic heterocycles. The number of alkyl carbamates (subject to hydrolysis) is 1. The summed E-state index contributed by atoms with van der Waals surface area (Å²) in [6.45, 7) is 16.4. The Morgan fingerprint density at radius 3 is 2.08 bits per heavy atom. The van der Waals surface area contributed by atoms with E-state index in [4.69, 9.17) is 4.74 Å². The summed E-state index contributed by atoms with van der Waals surface area (Å²) in [7, 11) is 0. The smallest absolute Gasteiger partial charge is 0.408 e. The predicted molar refractivity (Wildman–Crippen MR) is 157 cm³/mol. The largest absolute Gasteiger partial charge is 0.444 e. The lowest BCUT2D eigenvalue weighted by atomic mass is 9.92. The van der Waals surface area contributed by atoms with Gasteiger partial charge in [-0.2, -0.15) is 0 Å². The fraction of sp³-hybridized carbons (Fsp3) is 0.406. The standard InChI is InChI=1S/C32H41N3O4/c1-20-14-17-26(21(2)18-20)27(28(36)34-25-16-15-23-12-10-11-13-24(23)19-25)35(31(4,5)6)29(37)22(3)33-30(38)39-32(7,8)9/h10-19,22,27H,1-9H3,(H,33,38)(H,34,36). The topological polar surface area (TPSA) is 87.7 Å². The average molecular weight is 532 g/mol. The molecule has 3 rings (SSSR count). The van der Waals surface area contributed by atoms with E-state index in [0.29, 0.717) is 11.3 Å². The van der Waals surface area contributed by atoms with E-state index in [9.17, 15) is 14.4 Å². The summed E-state index contributed by atoms with van der Waals surface area (Å²) < 4.78 is 5.36. The molecule has 0 heterocycles. The number of ether oxygens (including phenoxy) is 1. The third-order valence-electron chi connectivity index (χ3n) is 6.31. The molecule has 0 saturated heterocycles. The molecule has 3 amide bonds. The van der Waals surface area contributed by atoms with Gasteiger partial charge in [0.1, 0.15) is 17.7 Å². The minimum Gasteiger partial charge on any atom is -0.444 e. The zero-order chi connectivity index (χ0) is 29.1. The normalized spacial score (nSPS) is 13.4. The number of nitrogens with one attached hydrogen (secondary N) is 2. The van der Waals surface area contributed by atoms with Crippen LogP contribution in [0.15, 0.2) is 60.7 Å². The Balaban J connectivity index is 2.03. The highest BCUT2D eigenvalue weighted by Crippen LogP contribution is 2.33. The van der Waals surface area contributed by atoms with Gasteiger partial charge in [-0.1, -0.05) is 54.1 Å². The van der Waals surface area contributed by atoms with Gasteiger partial charge in [-0.15, -0.1) is 0 Å². The molecule has 3 aromatic rings. The Morgan fingerprint density at radius 2 is 1.49 bits per heavy atom. The average Bonchev–Trinajstić information content (AvgIpc) is 2.80. The number of amides is 3. The van der Waals surface area contributed by atoms with E-state index < -0.39 is 35.2 Å². The third-order valence-corrected chi connectivity index (χ3v) is 6.31. The van der Waals surface area contributed by atoms with Gasteiger partial charge in [0.05, 0.1) is 0 Å². The summed E-state index contributed by atoms with van der Waals surface area (Å²) in [4.78, 5) is 42.1. The summed E-state index contributed by atoms with van der Waals surface area (Å²) in [5.74, 6) is -0.739. The number of benzene rings is 3. The summed E-state index contributed by atoms with van der Waals surface area (Å²) in [5.41, 5.74) is 1.82. The maximum atomic E-state index is 14.1. The van der Waals surface area contributed by atoms with Crippen LogP contribution in [0.4, 0.5) is 10.5 Å². The van der Waals surface area contributed by atoms with Gasteiger partial charge in [-0.05, 0) is 96.3 Å². The molecular weight excluding hydrogens is 490 g/mol. The second kappa shape index (κ2) is 11.5. The van der Waals surface area contributed by atoms with Crippen LogP contribution in [0, 0.1) is 13.8 Å². The number of hydrogen-bond donors (Lipinski definition) is 2. The van der Waals surface area contributed by atoms with E-state index >= 15 is 0 Å². The molecular formula is C32H41N3O4. The van der Waals surface area contributed by atoms with E-state index in [1.165, 1.54) is 0 Å². The van der Waals surface area contributed by atoms with Crippen molar-refractivity contribution in [1.82, 2.24) is 10.2 Å². The Morgan fingerprint density at radius 1 is 0.846 bits per heavy atom. The molecule has 0 aliphatic rings. The molecule has 0 fully saturated rings. The lowest BCUT2D eigenvalue weighted by Crippen LogP contribution is -2.57. The first-order chi connectivity index (χ1) is 18.1. The van der Waals surface area contributed by atoms with E-state index in [0.717, 1.165) is 21.9 Å². The quantitative estimate of drug-likeness (QED) is 0.372. The number of anilines is 1. The van der Waals surface area contributed by atoms with Crippen molar-refractivity contribution in [1.29, 1.82) is 0 Å². The molecule has 7 nitrogen and oxygen atoms in total. The Bertz CT molecular complexity index is 1370. The molecule has 208 valence electrons. The highest BCUT2D eigenvalue weighted by molar-refractivity contribution is 6.00. The molecule has 0 saturated carbocycles. The fourth-order valence-electron chi connectivity index (χ4n) is 4.61. The number of nitrogens with zero attached hydrogens (tertiary/aromatic N) is 1. The Hall–Kier alpha value is -3.87. The van der Waals surface area contributed by atoms with Gasteiger partial charge >= 0.3 is 6.09 Å². The van der Waals surface area contributed by atoms with Gasteiger partial charge < -0.3 is 20.3 Å². The van der Waals surface area contributed by atoms with Crippen LogP contribution >= 0.6 is 0 Å². The lowest BCUT2D eigenvalue weighted by molar-refractivity contribution is -0.146. The summed E-state index contributed by atoms with van der Waals surface area (Å²) >= 11 is 0. The first-order valence-electron chi connectivity index (χ1n) is 13.3. The van der Waals surface area contributed by atoms with Gasteiger partial charge in [-0.25, -0.2) is 4.79 Å². The zero-order valence-corrected chi connectivity index (χ0v) is 24.5. The number of carbonyl (C=O) groups is 3. The highest BCUT2D eigenvalue weighted by Gasteiger charge is 2.41. The first kappa shape index (κ1) is 29.7. The molecule has 0 spiro atoms. The third kappa shape index (κ3) is 7.59. The minimum absolute atomic E-state index is 0.343. The van der Waals surface area contributed by atoms with Crippen molar-refractivity contribution in [2.75, 3.05) is 5.32 Å². The van der Waals surface area contributed by atoms with Crippen LogP contribution in [0.5, 0.6) is 0 Å².